The normalized spacial score (nSPS) is 13.1. The molecule has 0 saturated heterocycles. The Morgan fingerprint density at radius 1 is 0.921 bits per heavy atom. The number of carbonyl (C=O) groups is 3. The molecule has 0 aliphatic heterocycles. The molecular formula is C30H37N3O5. The van der Waals surface area contributed by atoms with Gasteiger partial charge in [0.2, 0.25) is 5.91 Å². The molecule has 0 aliphatic rings. The first-order valence-corrected chi connectivity index (χ1v) is 12.7. The van der Waals surface area contributed by atoms with Crippen LogP contribution in [-0.2, 0) is 14.3 Å². The van der Waals surface area contributed by atoms with E-state index in [1.165, 1.54) is 11.0 Å². The van der Waals surface area contributed by atoms with Crippen molar-refractivity contribution in [3.8, 4) is 5.75 Å². The molecule has 8 heteroatoms. The van der Waals surface area contributed by atoms with E-state index in [-0.39, 0.29) is 5.75 Å². The van der Waals surface area contributed by atoms with Crippen LogP contribution in [0.15, 0.2) is 60.7 Å². The number of phenolic OH excluding ortho intramolecular Hbond substituents is 1. The second kappa shape index (κ2) is 11.5. The lowest BCUT2D eigenvalue weighted by molar-refractivity contribution is -0.142. The summed E-state index contributed by atoms with van der Waals surface area (Å²) in [6.45, 7) is 12.1. The average molecular weight is 520 g/mol. The Balaban J connectivity index is 1.97. The smallest absolute Gasteiger partial charge is 0.408 e. The Bertz CT molecular complexity index is 1330. The van der Waals surface area contributed by atoms with Crippen molar-refractivity contribution < 1.29 is 24.2 Å². The number of carbonyl (C=O) groups excluding carboxylic acids is 3. The number of rotatable bonds is 7. The monoisotopic (exact) mass is 519 g/mol. The van der Waals surface area contributed by atoms with Gasteiger partial charge in [0.15, 0.2) is 0 Å². The zero-order valence-corrected chi connectivity index (χ0v) is 23.0. The number of ether oxygens (including phenoxy) is 1. The summed E-state index contributed by atoms with van der Waals surface area (Å²) in [5.41, 5.74) is 0.966. The third-order valence-corrected chi connectivity index (χ3v) is 5.99. The molecule has 3 aromatic rings. The maximum atomic E-state index is 13.8. The highest BCUT2D eigenvalue weighted by Crippen LogP contribution is 2.30. The SMILES string of the molecule is Cc1cc(C(C(=O)Nc2ccc3ccccc3c2)N(C(=O)C(C)NC(=O)OC(C)(C)C)C(C)C)ccc1O. The molecule has 0 aliphatic carbocycles. The molecule has 0 aromatic heterocycles. The largest absolute Gasteiger partial charge is 0.508 e. The molecule has 0 bridgehead atoms. The number of phenols is 1. The minimum atomic E-state index is -1.03. The number of nitrogens with zero attached hydrogens (tertiary/aromatic N) is 1. The van der Waals surface area contributed by atoms with Crippen LogP contribution in [0.2, 0.25) is 0 Å². The van der Waals surface area contributed by atoms with Crippen LogP contribution in [-0.4, -0.2) is 45.6 Å². The van der Waals surface area contributed by atoms with Crippen LogP contribution in [0.25, 0.3) is 10.8 Å². The van der Waals surface area contributed by atoms with Gasteiger partial charge in [0, 0.05) is 11.7 Å². The number of hydrogen-bond acceptors (Lipinski definition) is 5. The Kier molecular flexibility index (Phi) is 8.66. The molecule has 0 heterocycles. The summed E-state index contributed by atoms with van der Waals surface area (Å²) in [5.74, 6) is -0.781. The first kappa shape index (κ1) is 28.5. The van der Waals surface area contributed by atoms with Crippen molar-refractivity contribution in [1.29, 1.82) is 0 Å². The summed E-state index contributed by atoms with van der Waals surface area (Å²) < 4.78 is 5.31. The lowest BCUT2D eigenvalue weighted by atomic mass is 9.99. The van der Waals surface area contributed by atoms with Crippen LogP contribution < -0.4 is 10.6 Å². The zero-order valence-electron chi connectivity index (χ0n) is 23.0. The number of anilines is 1. The number of alkyl carbamates (subject to hydrolysis) is 1. The van der Waals surface area contributed by atoms with Crippen LogP contribution >= 0.6 is 0 Å². The summed E-state index contributed by atoms with van der Waals surface area (Å²) >= 11 is 0. The summed E-state index contributed by atoms with van der Waals surface area (Å²) in [5, 5.41) is 17.6. The number of aromatic hydroxyl groups is 1. The minimum Gasteiger partial charge on any atom is -0.508 e. The van der Waals surface area contributed by atoms with Crippen molar-refractivity contribution in [1.82, 2.24) is 10.2 Å². The molecule has 0 fully saturated rings. The number of fused-ring (bicyclic) bond motifs is 1. The first-order chi connectivity index (χ1) is 17.8. The van der Waals surface area contributed by atoms with Crippen LogP contribution in [0.4, 0.5) is 10.5 Å². The summed E-state index contributed by atoms with van der Waals surface area (Å²) in [7, 11) is 0. The molecule has 3 N–H and O–H groups in total. The quantitative estimate of drug-likeness (QED) is 0.372. The molecule has 3 amide bonds. The first-order valence-electron chi connectivity index (χ1n) is 12.7. The Morgan fingerprint density at radius 2 is 1.58 bits per heavy atom. The fourth-order valence-electron chi connectivity index (χ4n) is 4.21. The van der Waals surface area contributed by atoms with E-state index in [9.17, 15) is 19.5 Å². The molecule has 3 rings (SSSR count). The number of aryl methyl sites for hydroxylation is 1. The Morgan fingerprint density at radius 3 is 2.18 bits per heavy atom. The summed E-state index contributed by atoms with van der Waals surface area (Å²) in [4.78, 5) is 41.4. The molecule has 0 spiro atoms. The van der Waals surface area contributed by atoms with E-state index >= 15 is 0 Å². The van der Waals surface area contributed by atoms with E-state index in [4.69, 9.17) is 4.74 Å². The topological polar surface area (TPSA) is 108 Å². The van der Waals surface area contributed by atoms with Gasteiger partial charge in [0.1, 0.15) is 23.4 Å². The molecular weight excluding hydrogens is 482 g/mol. The zero-order chi connectivity index (χ0) is 28.2. The van der Waals surface area contributed by atoms with Gasteiger partial charge in [-0.1, -0.05) is 36.4 Å². The molecule has 8 nitrogen and oxygen atoms in total. The van der Waals surface area contributed by atoms with Crippen molar-refractivity contribution in [2.24, 2.45) is 0 Å². The van der Waals surface area contributed by atoms with Gasteiger partial charge in [-0.05, 0) is 94.6 Å². The van der Waals surface area contributed by atoms with E-state index in [0.717, 1.165) is 10.8 Å². The maximum absolute atomic E-state index is 13.8. The highest BCUT2D eigenvalue weighted by Gasteiger charge is 2.36. The third kappa shape index (κ3) is 7.03. The maximum Gasteiger partial charge on any atom is 0.408 e. The van der Waals surface area contributed by atoms with Crippen LogP contribution in [0.1, 0.15) is 58.7 Å². The second-order valence-electron chi connectivity index (χ2n) is 10.7. The summed E-state index contributed by atoms with van der Waals surface area (Å²) in [6, 6.07) is 15.9. The number of benzene rings is 3. The lowest BCUT2D eigenvalue weighted by Gasteiger charge is -2.36. The third-order valence-electron chi connectivity index (χ3n) is 5.99. The molecule has 0 radical (unpaired) electrons. The van der Waals surface area contributed by atoms with Gasteiger partial charge < -0.3 is 25.4 Å². The molecule has 2 atom stereocenters. The second-order valence-corrected chi connectivity index (χ2v) is 10.7. The van der Waals surface area contributed by atoms with Gasteiger partial charge in [-0.25, -0.2) is 4.79 Å². The van der Waals surface area contributed by atoms with Crippen molar-refractivity contribution in [2.75, 3.05) is 5.32 Å². The predicted octanol–water partition coefficient (Wildman–Crippen LogP) is 5.68. The fourth-order valence-corrected chi connectivity index (χ4v) is 4.21. The minimum absolute atomic E-state index is 0.0878. The summed E-state index contributed by atoms with van der Waals surface area (Å²) in [6.07, 6.45) is -0.723. The number of nitrogens with one attached hydrogen (secondary N) is 2. The molecule has 0 saturated carbocycles. The van der Waals surface area contributed by atoms with Crippen LogP contribution in [0.3, 0.4) is 0 Å². The molecule has 3 aromatic carbocycles. The Hall–Kier alpha value is -4.07. The van der Waals surface area contributed by atoms with E-state index in [1.807, 2.05) is 56.3 Å². The van der Waals surface area contributed by atoms with E-state index in [2.05, 4.69) is 10.6 Å². The predicted molar refractivity (Wildman–Crippen MR) is 149 cm³/mol. The van der Waals surface area contributed by atoms with Gasteiger partial charge in [-0.3, -0.25) is 9.59 Å². The van der Waals surface area contributed by atoms with Gasteiger partial charge in [-0.2, -0.15) is 0 Å². The molecule has 202 valence electrons. The van der Waals surface area contributed by atoms with E-state index in [0.29, 0.717) is 16.8 Å². The van der Waals surface area contributed by atoms with E-state index < -0.39 is 41.6 Å². The van der Waals surface area contributed by atoms with Gasteiger partial charge >= 0.3 is 6.09 Å². The highest BCUT2D eigenvalue weighted by atomic mass is 16.6. The van der Waals surface area contributed by atoms with Gasteiger partial charge in [0.25, 0.3) is 5.91 Å². The van der Waals surface area contributed by atoms with Gasteiger partial charge in [0.05, 0.1) is 0 Å². The lowest BCUT2D eigenvalue weighted by Crippen LogP contribution is -2.53. The van der Waals surface area contributed by atoms with Gasteiger partial charge in [-0.15, -0.1) is 0 Å². The molecule has 2 unspecified atom stereocenters. The number of amides is 3. The Labute approximate surface area is 224 Å². The van der Waals surface area contributed by atoms with Crippen molar-refractivity contribution in [2.45, 2.75) is 72.2 Å². The number of hydrogen-bond donors (Lipinski definition) is 3. The van der Waals surface area contributed by atoms with E-state index in [1.54, 1.807) is 46.8 Å². The van der Waals surface area contributed by atoms with Crippen molar-refractivity contribution in [3.05, 3.63) is 71.8 Å². The average Bonchev–Trinajstić information content (AvgIpc) is 2.82. The van der Waals surface area contributed by atoms with Crippen molar-refractivity contribution in [3.63, 3.8) is 0 Å². The van der Waals surface area contributed by atoms with Crippen LogP contribution in [0.5, 0.6) is 5.75 Å². The highest BCUT2D eigenvalue weighted by molar-refractivity contribution is 6.00. The van der Waals surface area contributed by atoms with Crippen LogP contribution in [0, 0.1) is 6.92 Å². The van der Waals surface area contributed by atoms with Crippen molar-refractivity contribution >= 4 is 34.4 Å². The fraction of sp³-hybridized carbons (Fsp3) is 0.367. The standard InChI is InChI=1S/C30H37N3O5/c1-18(2)33(28(36)20(4)31-29(37)38-30(5,6)7)26(23-13-15-25(34)19(3)16-23)27(35)32-24-14-12-21-10-8-9-11-22(21)17-24/h8-18,20,26,34H,1-7H3,(H,31,37)(H,32,35). The molecule has 38 heavy (non-hydrogen) atoms.